The number of carbonyl (C=O) groups excluding carboxylic acids is 4. The highest BCUT2D eigenvalue weighted by Gasteiger charge is 2.26. The number of nitrogens with zero attached hydrogens (tertiary/aromatic N) is 5. The number of allylic oxidation sites excluding steroid dienone is 3. The third-order valence-electron chi connectivity index (χ3n) is 6.74. The van der Waals surface area contributed by atoms with Gasteiger partial charge in [-0.05, 0) is 41.8 Å². The molecule has 0 saturated heterocycles. The highest BCUT2D eigenvalue weighted by Crippen LogP contribution is 2.23. The summed E-state index contributed by atoms with van der Waals surface area (Å²) in [6, 6.07) is 14.4. The second-order valence-electron chi connectivity index (χ2n) is 9.75. The quantitative estimate of drug-likeness (QED) is 0.253. The van der Waals surface area contributed by atoms with Crippen LogP contribution in [-0.2, 0) is 45.2 Å². The van der Waals surface area contributed by atoms with Gasteiger partial charge in [0.15, 0.2) is 0 Å². The molecule has 0 saturated carbocycles. The van der Waals surface area contributed by atoms with E-state index in [-0.39, 0.29) is 43.3 Å². The fourth-order valence-corrected chi connectivity index (χ4v) is 4.61. The first-order valence-corrected chi connectivity index (χ1v) is 13.7. The zero-order chi connectivity index (χ0) is 32.7. The fraction of sp³-hybridized carbons (Fsp3) is 0.121. The van der Waals surface area contributed by atoms with Gasteiger partial charge in [0, 0.05) is 24.3 Å². The Morgan fingerprint density at radius 1 is 0.444 bits per heavy atom. The van der Waals surface area contributed by atoms with Crippen LogP contribution < -0.4 is 26.9 Å². The summed E-state index contributed by atoms with van der Waals surface area (Å²) in [6.45, 7) is 10.6. The predicted molar refractivity (Wildman–Crippen MR) is 169 cm³/mol. The SMILES string of the molecule is C=CCn1c(=O)n(CC=C)c(=O)n(CC=C)c1=O.O=C1C=CC(=O)N1c1ccc(Cc2ccc(N3C(=O)C=CC3=O)cc2)cc1. The van der Waals surface area contributed by atoms with Crippen molar-refractivity contribution in [1.82, 2.24) is 13.7 Å². The molecule has 2 aromatic carbocycles. The molecule has 0 atom stereocenters. The van der Waals surface area contributed by atoms with Crippen LogP contribution in [0.25, 0.3) is 0 Å². The number of imide groups is 2. The fourth-order valence-electron chi connectivity index (χ4n) is 4.61. The number of benzene rings is 2. The summed E-state index contributed by atoms with van der Waals surface area (Å²) in [5.41, 5.74) is 1.10. The minimum absolute atomic E-state index is 0.0478. The van der Waals surface area contributed by atoms with Crippen molar-refractivity contribution in [3.8, 4) is 0 Å². The van der Waals surface area contributed by atoms with Crippen LogP contribution in [0, 0.1) is 0 Å². The van der Waals surface area contributed by atoms with Crippen molar-refractivity contribution >= 4 is 35.0 Å². The average molecular weight is 608 g/mol. The Kier molecular flexibility index (Phi) is 9.79. The van der Waals surface area contributed by atoms with E-state index >= 15 is 0 Å². The van der Waals surface area contributed by atoms with Gasteiger partial charge in [0.2, 0.25) is 0 Å². The molecule has 0 bridgehead atoms. The van der Waals surface area contributed by atoms with E-state index in [1.807, 2.05) is 24.3 Å². The monoisotopic (exact) mass is 607 g/mol. The van der Waals surface area contributed by atoms with Crippen LogP contribution in [0.3, 0.4) is 0 Å². The minimum atomic E-state index is -0.662. The molecule has 1 aromatic heterocycles. The molecule has 228 valence electrons. The topological polar surface area (TPSA) is 141 Å². The molecular weight excluding hydrogens is 578 g/mol. The Balaban J connectivity index is 0.000000224. The van der Waals surface area contributed by atoms with Crippen molar-refractivity contribution in [3.63, 3.8) is 0 Å². The van der Waals surface area contributed by atoms with Crippen molar-refractivity contribution in [1.29, 1.82) is 0 Å². The Morgan fingerprint density at radius 2 is 0.711 bits per heavy atom. The average Bonchev–Trinajstić information content (AvgIpc) is 3.55. The predicted octanol–water partition coefficient (Wildman–Crippen LogP) is 1.87. The van der Waals surface area contributed by atoms with Crippen LogP contribution in [0.15, 0.2) is 125 Å². The van der Waals surface area contributed by atoms with Crippen LogP contribution in [0.1, 0.15) is 11.1 Å². The molecule has 2 aliphatic rings. The van der Waals surface area contributed by atoms with Crippen molar-refractivity contribution in [2.45, 2.75) is 26.1 Å². The standard InChI is InChI=1S/C21H14N2O4.C12H15N3O3/c24-18-9-10-19(25)22(18)16-5-1-14(2-6-16)13-15-3-7-17(8-4-15)23-20(26)11-12-21(23)27;1-4-7-13-10(16)14(8-5-2)12(18)15(9-6-3)11(13)17/h1-12H,13H2;4-6H,1-3,7-9H2. The number of anilines is 2. The van der Waals surface area contributed by atoms with Gasteiger partial charge in [-0.3, -0.25) is 19.2 Å². The van der Waals surface area contributed by atoms with E-state index in [0.717, 1.165) is 34.6 Å². The maximum absolute atomic E-state index is 11.9. The maximum atomic E-state index is 11.9. The van der Waals surface area contributed by atoms with Gasteiger partial charge in [-0.1, -0.05) is 42.5 Å². The summed E-state index contributed by atoms with van der Waals surface area (Å²) in [4.78, 5) is 84.9. The Labute approximate surface area is 257 Å². The third kappa shape index (κ3) is 6.75. The van der Waals surface area contributed by atoms with Crippen LogP contribution in [0.2, 0.25) is 0 Å². The third-order valence-corrected chi connectivity index (χ3v) is 6.74. The highest BCUT2D eigenvalue weighted by atomic mass is 16.2. The summed E-state index contributed by atoms with van der Waals surface area (Å²) >= 11 is 0. The molecule has 2 aliphatic heterocycles. The minimum Gasteiger partial charge on any atom is -0.269 e. The van der Waals surface area contributed by atoms with E-state index in [0.29, 0.717) is 17.8 Å². The van der Waals surface area contributed by atoms with Crippen molar-refractivity contribution < 1.29 is 19.2 Å². The first-order valence-electron chi connectivity index (χ1n) is 13.7. The van der Waals surface area contributed by atoms with E-state index in [2.05, 4.69) is 19.7 Å². The number of aromatic nitrogens is 3. The highest BCUT2D eigenvalue weighted by molar-refractivity contribution is 6.28. The van der Waals surface area contributed by atoms with Crippen LogP contribution in [-0.4, -0.2) is 37.3 Å². The van der Waals surface area contributed by atoms with Gasteiger partial charge in [-0.2, -0.15) is 0 Å². The van der Waals surface area contributed by atoms with Crippen molar-refractivity contribution in [2.75, 3.05) is 9.80 Å². The molecule has 0 aliphatic carbocycles. The summed E-state index contributed by atoms with van der Waals surface area (Å²) in [7, 11) is 0. The first kappa shape index (κ1) is 31.8. The van der Waals surface area contributed by atoms with Gasteiger partial charge in [-0.15, -0.1) is 19.7 Å². The Bertz CT molecular complexity index is 1700. The molecule has 12 heteroatoms. The molecule has 0 radical (unpaired) electrons. The summed E-state index contributed by atoms with van der Waals surface area (Å²) in [6.07, 6.45) is 9.91. The lowest BCUT2D eigenvalue weighted by Crippen LogP contribution is -2.54. The van der Waals surface area contributed by atoms with E-state index in [9.17, 15) is 33.6 Å². The van der Waals surface area contributed by atoms with Gasteiger partial charge in [0.1, 0.15) is 0 Å². The van der Waals surface area contributed by atoms with Gasteiger partial charge in [0.05, 0.1) is 31.0 Å². The number of hydrogen-bond donors (Lipinski definition) is 0. The van der Waals surface area contributed by atoms with Crippen LogP contribution in [0.5, 0.6) is 0 Å². The normalized spacial score (nSPS) is 13.7. The number of amides is 4. The molecule has 0 fully saturated rings. The van der Waals surface area contributed by atoms with Crippen LogP contribution in [0.4, 0.5) is 11.4 Å². The molecule has 4 amide bonds. The van der Waals surface area contributed by atoms with E-state index in [4.69, 9.17) is 0 Å². The summed E-state index contributed by atoms with van der Waals surface area (Å²) in [5.74, 6) is -1.37. The van der Waals surface area contributed by atoms with Gasteiger partial charge < -0.3 is 0 Å². The molecule has 0 spiro atoms. The molecule has 0 N–H and O–H groups in total. The van der Waals surface area contributed by atoms with Gasteiger partial charge in [-0.25, -0.2) is 37.9 Å². The second-order valence-corrected chi connectivity index (χ2v) is 9.75. The zero-order valence-corrected chi connectivity index (χ0v) is 24.2. The molecule has 45 heavy (non-hydrogen) atoms. The lowest BCUT2D eigenvalue weighted by Gasteiger charge is -2.15. The zero-order valence-electron chi connectivity index (χ0n) is 24.2. The van der Waals surface area contributed by atoms with Gasteiger partial charge >= 0.3 is 17.1 Å². The largest absolute Gasteiger partial charge is 0.336 e. The summed E-state index contributed by atoms with van der Waals surface area (Å²) < 4.78 is 2.84. The van der Waals surface area contributed by atoms with Gasteiger partial charge in [0.25, 0.3) is 23.6 Å². The number of rotatable bonds is 10. The Morgan fingerprint density at radius 3 is 0.956 bits per heavy atom. The van der Waals surface area contributed by atoms with E-state index in [1.165, 1.54) is 42.5 Å². The lowest BCUT2D eigenvalue weighted by atomic mass is 10.0. The van der Waals surface area contributed by atoms with E-state index in [1.54, 1.807) is 24.3 Å². The molecule has 0 unspecified atom stereocenters. The first-order chi connectivity index (χ1) is 21.6. The van der Waals surface area contributed by atoms with Crippen molar-refractivity contribution in [2.24, 2.45) is 0 Å². The lowest BCUT2D eigenvalue weighted by molar-refractivity contribution is -0.121. The number of carbonyl (C=O) groups is 4. The molecular formula is C33H29N5O7. The molecule has 12 nitrogen and oxygen atoms in total. The second kappa shape index (κ2) is 13.9. The number of hydrogen-bond acceptors (Lipinski definition) is 7. The molecule has 3 aromatic rings. The maximum Gasteiger partial charge on any atom is 0.336 e. The smallest absolute Gasteiger partial charge is 0.269 e. The van der Waals surface area contributed by atoms with Crippen molar-refractivity contribution in [3.05, 3.63) is 153 Å². The molecule has 3 heterocycles. The van der Waals surface area contributed by atoms with Crippen LogP contribution >= 0.6 is 0 Å². The Hall–Kier alpha value is -6.17. The van der Waals surface area contributed by atoms with E-state index < -0.39 is 17.1 Å². The molecule has 5 rings (SSSR count). The summed E-state index contributed by atoms with van der Waals surface area (Å²) in [5, 5.41) is 0.